The predicted molar refractivity (Wildman–Crippen MR) is 149 cm³/mol. The molecule has 1 aliphatic heterocycles. The Morgan fingerprint density at radius 2 is 1.79 bits per heavy atom. The van der Waals surface area contributed by atoms with E-state index in [2.05, 4.69) is 0 Å². The van der Waals surface area contributed by atoms with Crippen LogP contribution in [-0.2, 0) is 37.3 Å². The Kier molecular flexibility index (Phi) is 11.7. The number of carbonyl (C=O) groups excluding carboxylic acids is 2. The highest BCUT2D eigenvalue weighted by molar-refractivity contribution is 7.89. The molecule has 1 aliphatic rings. The maximum Gasteiger partial charge on any atom is 0.238 e. The van der Waals surface area contributed by atoms with Crippen molar-refractivity contribution >= 4 is 33.4 Å². The molecule has 214 valence electrons. The first kappa shape index (κ1) is 31.0. The topological polar surface area (TPSA) is 87.2 Å². The smallest absolute Gasteiger partial charge is 0.238 e. The van der Waals surface area contributed by atoms with Gasteiger partial charge in [-0.1, -0.05) is 42.8 Å². The molecule has 0 atom stereocenters. The Balaban J connectivity index is 1.73. The summed E-state index contributed by atoms with van der Waals surface area (Å²) in [5.41, 5.74) is 1.58. The number of piperidine rings is 1. The highest BCUT2D eigenvalue weighted by atomic mass is 35.5. The second-order valence-electron chi connectivity index (χ2n) is 9.71. The van der Waals surface area contributed by atoms with Crippen molar-refractivity contribution in [3.05, 3.63) is 70.5 Å². The van der Waals surface area contributed by atoms with Crippen LogP contribution < -0.4 is 0 Å². The predicted octanol–water partition coefficient (Wildman–Crippen LogP) is 3.73. The van der Waals surface area contributed by atoms with E-state index in [0.717, 1.165) is 11.1 Å². The van der Waals surface area contributed by atoms with E-state index in [1.165, 1.54) is 23.5 Å². The number of halogens is 2. The summed E-state index contributed by atoms with van der Waals surface area (Å²) in [6, 6.07) is 12.9. The van der Waals surface area contributed by atoms with E-state index in [1.807, 2.05) is 12.1 Å². The van der Waals surface area contributed by atoms with Crippen molar-refractivity contribution in [1.29, 1.82) is 0 Å². The van der Waals surface area contributed by atoms with Gasteiger partial charge in [-0.25, -0.2) is 12.8 Å². The number of amides is 2. The lowest BCUT2D eigenvalue weighted by atomic mass is 10.0. The molecule has 0 spiro atoms. The number of benzene rings is 2. The molecule has 11 heteroatoms. The van der Waals surface area contributed by atoms with Gasteiger partial charge in [0.25, 0.3) is 0 Å². The van der Waals surface area contributed by atoms with Gasteiger partial charge in [0.1, 0.15) is 5.82 Å². The Morgan fingerprint density at radius 1 is 1.10 bits per heavy atom. The van der Waals surface area contributed by atoms with Crippen LogP contribution in [0, 0.1) is 5.82 Å². The van der Waals surface area contributed by atoms with Gasteiger partial charge < -0.3 is 14.5 Å². The number of ether oxygens (including phenoxy) is 1. The van der Waals surface area contributed by atoms with Crippen LogP contribution in [0.3, 0.4) is 0 Å². The highest BCUT2D eigenvalue weighted by Crippen LogP contribution is 2.22. The van der Waals surface area contributed by atoms with Gasteiger partial charge >= 0.3 is 0 Å². The van der Waals surface area contributed by atoms with Crippen LogP contribution in [0.25, 0.3) is 0 Å². The van der Waals surface area contributed by atoms with Crippen molar-refractivity contribution < 1.29 is 27.1 Å². The molecule has 8 nitrogen and oxygen atoms in total. The molecule has 1 fully saturated rings. The summed E-state index contributed by atoms with van der Waals surface area (Å²) in [6.07, 6.45) is 1.74. The summed E-state index contributed by atoms with van der Waals surface area (Å²) in [5.74, 6) is -0.752. The number of hydrogen-bond donors (Lipinski definition) is 0. The molecule has 2 amide bonds. The summed E-state index contributed by atoms with van der Waals surface area (Å²) in [5, 5.41) is 0.549. The van der Waals surface area contributed by atoms with Gasteiger partial charge in [-0.15, -0.1) is 0 Å². The molecule has 0 N–H and O–H groups in total. The van der Waals surface area contributed by atoms with Crippen molar-refractivity contribution in [3.8, 4) is 0 Å². The minimum atomic E-state index is -3.63. The van der Waals surface area contributed by atoms with Crippen LogP contribution in [0.2, 0.25) is 5.02 Å². The number of sulfonamides is 1. The fourth-order valence-electron chi connectivity index (χ4n) is 4.71. The largest absolute Gasteiger partial charge is 0.383 e. The van der Waals surface area contributed by atoms with Crippen molar-refractivity contribution in [1.82, 2.24) is 14.1 Å². The lowest BCUT2D eigenvalue weighted by Crippen LogP contribution is -2.52. The summed E-state index contributed by atoms with van der Waals surface area (Å²) in [6.45, 7) is 2.97. The number of methoxy groups -OCH3 is 1. The number of likely N-dealkylation sites (tertiary alicyclic amines) is 1. The monoisotopic (exact) mass is 581 g/mol. The summed E-state index contributed by atoms with van der Waals surface area (Å²) >= 11 is 6.19. The SMILES string of the molecule is CCCS(=O)(=O)N(CCOC)CC(=O)N(Cc1cccc(Cl)c1)C1CCN(C(=O)Cc2ccc(F)cc2)CC1. The van der Waals surface area contributed by atoms with Gasteiger partial charge in [0, 0.05) is 44.4 Å². The molecule has 39 heavy (non-hydrogen) atoms. The normalized spacial score (nSPS) is 14.5. The lowest BCUT2D eigenvalue weighted by Gasteiger charge is -2.39. The quantitative estimate of drug-likeness (QED) is 0.360. The fourth-order valence-corrected chi connectivity index (χ4v) is 6.35. The van der Waals surface area contributed by atoms with Crippen LogP contribution in [-0.4, -0.2) is 86.0 Å². The Hall–Kier alpha value is -2.53. The molecule has 0 aromatic heterocycles. The molecule has 2 aromatic carbocycles. The third kappa shape index (κ3) is 9.27. The number of hydrogen-bond acceptors (Lipinski definition) is 5. The Labute approximate surface area is 235 Å². The highest BCUT2D eigenvalue weighted by Gasteiger charge is 2.32. The van der Waals surface area contributed by atoms with Crippen LogP contribution in [0.5, 0.6) is 0 Å². The summed E-state index contributed by atoms with van der Waals surface area (Å²) in [4.78, 5) is 30.0. The molecule has 3 rings (SSSR count). The Morgan fingerprint density at radius 3 is 2.41 bits per heavy atom. The molecule has 1 heterocycles. The molecule has 0 unspecified atom stereocenters. The van der Waals surface area contributed by atoms with E-state index in [0.29, 0.717) is 37.4 Å². The second-order valence-corrected chi connectivity index (χ2v) is 12.2. The molecule has 0 radical (unpaired) electrons. The van der Waals surface area contributed by atoms with Gasteiger partial charge in [-0.05, 0) is 54.7 Å². The van der Waals surface area contributed by atoms with Gasteiger partial charge in [0.15, 0.2) is 0 Å². The van der Waals surface area contributed by atoms with Crippen LogP contribution in [0.1, 0.15) is 37.3 Å². The maximum absolute atomic E-state index is 13.7. The molecule has 2 aromatic rings. The summed E-state index contributed by atoms with van der Waals surface area (Å²) in [7, 11) is -2.14. The minimum Gasteiger partial charge on any atom is -0.383 e. The van der Waals surface area contributed by atoms with E-state index in [4.69, 9.17) is 16.3 Å². The number of carbonyl (C=O) groups is 2. The average Bonchev–Trinajstić information content (AvgIpc) is 2.91. The van der Waals surface area contributed by atoms with Gasteiger partial charge in [-0.2, -0.15) is 4.31 Å². The second kappa shape index (κ2) is 14.7. The fraction of sp³-hybridized carbons (Fsp3) is 0.500. The molecule has 1 saturated heterocycles. The molecular formula is C28H37ClFN3O5S. The van der Waals surface area contributed by atoms with Crippen LogP contribution >= 0.6 is 11.6 Å². The van der Waals surface area contributed by atoms with Gasteiger partial charge in [0.05, 0.1) is 25.3 Å². The van der Waals surface area contributed by atoms with E-state index in [-0.39, 0.29) is 62.1 Å². The minimum absolute atomic E-state index is 0.0488. The molecular weight excluding hydrogens is 545 g/mol. The first-order valence-corrected chi connectivity index (χ1v) is 15.1. The molecule has 0 saturated carbocycles. The number of rotatable bonds is 13. The Bertz CT molecular complexity index is 1200. The van der Waals surface area contributed by atoms with Crippen molar-refractivity contribution in [2.75, 3.05) is 45.6 Å². The van der Waals surface area contributed by atoms with Crippen molar-refractivity contribution in [2.45, 2.75) is 45.2 Å². The zero-order valence-electron chi connectivity index (χ0n) is 22.5. The van der Waals surface area contributed by atoms with Crippen LogP contribution in [0.4, 0.5) is 4.39 Å². The third-order valence-corrected chi connectivity index (χ3v) is 9.06. The van der Waals surface area contributed by atoms with E-state index in [1.54, 1.807) is 41.0 Å². The maximum atomic E-state index is 13.7. The first-order chi connectivity index (χ1) is 18.6. The van der Waals surface area contributed by atoms with E-state index >= 15 is 0 Å². The zero-order chi connectivity index (χ0) is 28.4. The molecule has 0 aliphatic carbocycles. The van der Waals surface area contributed by atoms with Crippen LogP contribution in [0.15, 0.2) is 48.5 Å². The summed E-state index contributed by atoms with van der Waals surface area (Å²) < 4.78 is 45.3. The zero-order valence-corrected chi connectivity index (χ0v) is 24.1. The van der Waals surface area contributed by atoms with E-state index < -0.39 is 10.0 Å². The number of nitrogens with zero attached hydrogens (tertiary/aromatic N) is 3. The lowest BCUT2D eigenvalue weighted by molar-refractivity contribution is -0.137. The molecule has 0 bridgehead atoms. The third-order valence-electron chi connectivity index (χ3n) is 6.80. The standard InChI is InChI=1S/C28H37ClFN3O5S/c1-3-17-39(36,37)32(15-16-38-2)21-28(35)33(20-23-5-4-6-24(29)18-23)26-11-13-31(14-12-26)27(34)19-22-7-9-25(30)10-8-22/h4-10,18,26H,3,11-17,19-21H2,1-2H3. The first-order valence-electron chi connectivity index (χ1n) is 13.2. The van der Waals surface area contributed by atoms with Crippen molar-refractivity contribution in [3.63, 3.8) is 0 Å². The van der Waals surface area contributed by atoms with Gasteiger partial charge in [0.2, 0.25) is 21.8 Å². The van der Waals surface area contributed by atoms with E-state index in [9.17, 15) is 22.4 Å². The van der Waals surface area contributed by atoms with Gasteiger partial charge in [-0.3, -0.25) is 9.59 Å². The average molecular weight is 582 g/mol. The van der Waals surface area contributed by atoms with Crippen molar-refractivity contribution in [2.24, 2.45) is 0 Å².